The van der Waals surface area contributed by atoms with E-state index in [4.69, 9.17) is 5.73 Å². The first-order valence-corrected chi connectivity index (χ1v) is 4.74. The molecular weight excluding hydrogens is 206 g/mol. The van der Waals surface area contributed by atoms with Crippen LogP contribution in [0.25, 0.3) is 0 Å². The van der Waals surface area contributed by atoms with Crippen molar-refractivity contribution in [2.75, 3.05) is 11.1 Å². The molecule has 0 aliphatic carbocycles. The van der Waals surface area contributed by atoms with E-state index in [0.29, 0.717) is 11.4 Å². The number of nitrogens with two attached hydrogens (primary N) is 1. The lowest BCUT2D eigenvalue weighted by atomic mass is 10.2. The van der Waals surface area contributed by atoms with Gasteiger partial charge in [0, 0.05) is 17.4 Å². The van der Waals surface area contributed by atoms with Gasteiger partial charge in [-0.3, -0.25) is 4.79 Å². The second-order valence-corrected chi connectivity index (χ2v) is 3.41. The summed E-state index contributed by atoms with van der Waals surface area (Å²) in [6.07, 6.45) is 1.35. The molecule has 5 heteroatoms. The summed E-state index contributed by atoms with van der Waals surface area (Å²) in [7, 11) is 0. The molecule has 2 rings (SSSR count). The van der Waals surface area contributed by atoms with Gasteiger partial charge in [0.25, 0.3) is 5.91 Å². The van der Waals surface area contributed by atoms with Crippen molar-refractivity contribution in [2.45, 2.75) is 6.92 Å². The Hall–Kier alpha value is -2.30. The van der Waals surface area contributed by atoms with Gasteiger partial charge in [0.2, 0.25) is 0 Å². The largest absolute Gasteiger partial charge is 0.399 e. The third-order valence-corrected chi connectivity index (χ3v) is 2.18. The van der Waals surface area contributed by atoms with Crippen LogP contribution in [0.3, 0.4) is 0 Å². The highest BCUT2D eigenvalue weighted by atomic mass is 16.5. The Kier molecular flexibility index (Phi) is 2.59. The van der Waals surface area contributed by atoms with Crippen molar-refractivity contribution in [3.05, 3.63) is 41.8 Å². The van der Waals surface area contributed by atoms with E-state index in [1.807, 2.05) is 13.0 Å². The lowest BCUT2D eigenvalue weighted by Crippen LogP contribution is -2.13. The number of carbonyl (C=O) groups is 1. The molecule has 16 heavy (non-hydrogen) atoms. The molecule has 0 spiro atoms. The Morgan fingerprint density at radius 2 is 2.25 bits per heavy atom. The number of anilines is 2. The van der Waals surface area contributed by atoms with Crippen LogP contribution in [0, 0.1) is 6.92 Å². The third-order valence-electron chi connectivity index (χ3n) is 2.18. The summed E-state index contributed by atoms with van der Waals surface area (Å²) in [6.45, 7) is 1.89. The molecule has 0 saturated carbocycles. The van der Waals surface area contributed by atoms with Crippen LogP contribution in [0.4, 0.5) is 11.4 Å². The molecule has 0 fully saturated rings. The molecule has 0 aliphatic rings. The van der Waals surface area contributed by atoms with Gasteiger partial charge in [-0.15, -0.1) is 0 Å². The SMILES string of the molecule is Cc1ccc(N)cc1NC(=O)c1ccon1. The van der Waals surface area contributed by atoms with Gasteiger partial charge in [-0.2, -0.15) is 0 Å². The third kappa shape index (κ3) is 2.03. The maximum Gasteiger partial charge on any atom is 0.277 e. The van der Waals surface area contributed by atoms with Crippen molar-refractivity contribution in [1.82, 2.24) is 5.16 Å². The van der Waals surface area contributed by atoms with E-state index in [1.54, 1.807) is 12.1 Å². The average Bonchev–Trinajstić information content (AvgIpc) is 2.76. The summed E-state index contributed by atoms with van der Waals surface area (Å²) in [5, 5.41) is 6.26. The van der Waals surface area contributed by atoms with Crippen molar-refractivity contribution in [3.8, 4) is 0 Å². The number of amides is 1. The lowest BCUT2D eigenvalue weighted by Gasteiger charge is -2.07. The van der Waals surface area contributed by atoms with Crippen LogP contribution >= 0.6 is 0 Å². The van der Waals surface area contributed by atoms with Crippen molar-refractivity contribution >= 4 is 17.3 Å². The number of nitrogens with one attached hydrogen (secondary N) is 1. The monoisotopic (exact) mass is 217 g/mol. The fraction of sp³-hybridized carbons (Fsp3) is 0.0909. The molecular formula is C11H11N3O2. The van der Waals surface area contributed by atoms with Gasteiger partial charge < -0.3 is 15.6 Å². The van der Waals surface area contributed by atoms with E-state index in [2.05, 4.69) is 15.0 Å². The first kappa shape index (κ1) is 10.2. The highest BCUT2D eigenvalue weighted by molar-refractivity contribution is 6.03. The number of rotatable bonds is 2. The topological polar surface area (TPSA) is 81.1 Å². The van der Waals surface area contributed by atoms with Crippen LogP contribution in [-0.4, -0.2) is 11.1 Å². The molecule has 82 valence electrons. The maximum absolute atomic E-state index is 11.7. The average molecular weight is 217 g/mol. The first-order chi connectivity index (χ1) is 7.66. The van der Waals surface area contributed by atoms with E-state index in [-0.39, 0.29) is 11.6 Å². The molecule has 0 unspecified atom stereocenters. The Bertz CT molecular complexity index is 506. The summed E-state index contributed by atoms with van der Waals surface area (Å²) in [5.74, 6) is -0.317. The van der Waals surface area contributed by atoms with Gasteiger partial charge in [0.1, 0.15) is 6.26 Å². The van der Waals surface area contributed by atoms with Crippen LogP contribution in [0.2, 0.25) is 0 Å². The van der Waals surface area contributed by atoms with Gasteiger partial charge in [-0.25, -0.2) is 0 Å². The molecule has 5 nitrogen and oxygen atoms in total. The van der Waals surface area contributed by atoms with E-state index in [9.17, 15) is 4.79 Å². The van der Waals surface area contributed by atoms with Crippen molar-refractivity contribution < 1.29 is 9.32 Å². The summed E-state index contributed by atoms with van der Waals surface area (Å²) < 4.78 is 4.59. The fourth-order valence-electron chi connectivity index (χ4n) is 1.29. The van der Waals surface area contributed by atoms with Crippen LogP contribution in [0.5, 0.6) is 0 Å². The summed E-state index contributed by atoms with van der Waals surface area (Å²) >= 11 is 0. The number of nitrogens with zero attached hydrogens (tertiary/aromatic N) is 1. The number of hydrogen-bond donors (Lipinski definition) is 2. The number of hydrogen-bond acceptors (Lipinski definition) is 4. The molecule has 1 heterocycles. The Morgan fingerprint density at radius 3 is 2.94 bits per heavy atom. The van der Waals surface area contributed by atoms with Gasteiger partial charge in [-0.1, -0.05) is 11.2 Å². The smallest absolute Gasteiger partial charge is 0.277 e. The van der Waals surface area contributed by atoms with E-state index >= 15 is 0 Å². The summed E-state index contributed by atoms with van der Waals surface area (Å²) in [6, 6.07) is 6.82. The van der Waals surface area contributed by atoms with E-state index in [1.165, 1.54) is 12.3 Å². The number of nitrogen functional groups attached to an aromatic ring is 1. The van der Waals surface area contributed by atoms with Crippen molar-refractivity contribution in [1.29, 1.82) is 0 Å². The van der Waals surface area contributed by atoms with Crippen LogP contribution in [0.15, 0.2) is 35.1 Å². The lowest BCUT2D eigenvalue weighted by molar-refractivity contribution is 0.101. The zero-order valence-electron chi connectivity index (χ0n) is 8.73. The number of aryl methyl sites for hydroxylation is 1. The summed E-state index contributed by atoms with van der Waals surface area (Å²) in [5.41, 5.74) is 8.08. The zero-order valence-corrected chi connectivity index (χ0v) is 8.73. The molecule has 0 radical (unpaired) electrons. The van der Waals surface area contributed by atoms with E-state index in [0.717, 1.165) is 5.56 Å². The minimum absolute atomic E-state index is 0.238. The maximum atomic E-state index is 11.7. The van der Waals surface area contributed by atoms with Crippen LogP contribution in [-0.2, 0) is 0 Å². The second-order valence-electron chi connectivity index (χ2n) is 3.41. The van der Waals surface area contributed by atoms with Crippen molar-refractivity contribution in [3.63, 3.8) is 0 Å². The summed E-state index contributed by atoms with van der Waals surface area (Å²) in [4.78, 5) is 11.7. The number of aromatic nitrogens is 1. The Morgan fingerprint density at radius 1 is 1.44 bits per heavy atom. The zero-order chi connectivity index (χ0) is 11.5. The number of benzene rings is 1. The standard InChI is InChI=1S/C11H11N3O2/c1-7-2-3-8(12)6-10(7)13-11(15)9-4-5-16-14-9/h2-6H,12H2,1H3,(H,13,15). The van der Waals surface area contributed by atoms with Crippen LogP contribution < -0.4 is 11.1 Å². The van der Waals surface area contributed by atoms with Gasteiger partial charge >= 0.3 is 0 Å². The molecule has 0 aliphatic heterocycles. The molecule has 0 bridgehead atoms. The molecule has 1 aromatic heterocycles. The van der Waals surface area contributed by atoms with Gasteiger partial charge in [-0.05, 0) is 24.6 Å². The normalized spacial score (nSPS) is 10.1. The predicted octanol–water partition coefficient (Wildman–Crippen LogP) is 1.82. The Balaban J connectivity index is 2.21. The highest BCUT2D eigenvalue weighted by Gasteiger charge is 2.10. The minimum Gasteiger partial charge on any atom is -0.399 e. The molecule has 0 atom stereocenters. The fourth-order valence-corrected chi connectivity index (χ4v) is 1.29. The molecule has 1 amide bonds. The molecule has 1 aromatic carbocycles. The Labute approximate surface area is 92.2 Å². The molecule has 0 saturated heterocycles. The molecule has 2 aromatic rings. The van der Waals surface area contributed by atoms with Crippen molar-refractivity contribution in [2.24, 2.45) is 0 Å². The molecule has 3 N–H and O–H groups in total. The highest BCUT2D eigenvalue weighted by Crippen LogP contribution is 2.18. The van der Waals surface area contributed by atoms with Crippen LogP contribution in [0.1, 0.15) is 16.1 Å². The van der Waals surface area contributed by atoms with Gasteiger partial charge in [0.05, 0.1) is 0 Å². The predicted molar refractivity (Wildman–Crippen MR) is 60.0 cm³/mol. The minimum atomic E-state index is -0.317. The number of carbonyl (C=O) groups excluding carboxylic acids is 1. The quantitative estimate of drug-likeness (QED) is 0.752. The van der Waals surface area contributed by atoms with E-state index < -0.39 is 0 Å². The van der Waals surface area contributed by atoms with Gasteiger partial charge in [0.15, 0.2) is 5.69 Å². The second kappa shape index (κ2) is 4.06. The first-order valence-electron chi connectivity index (χ1n) is 4.74.